The summed E-state index contributed by atoms with van der Waals surface area (Å²) in [5, 5.41) is 0. The topological polar surface area (TPSA) is 26.3 Å². The lowest BCUT2D eigenvalue weighted by molar-refractivity contribution is -0.188. The monoisotopic (exact) mass is 446 g/mol. The highest BCUT2D eigenvalue weighted by Crippen LogP contribution is 2.69. The van der Waals surface area contributed by atoms with Crippen LogP contribution >= 0.6 is 10.3 Å². The number of halogens is 3. The minimum absolute atomic E-state index is 0.525. The van der Waals surface area contributed by atoms with Gasteiger partial charge in [0, 0.05) is 14.7 Å². The first-order valence-electron chi connectivity index (χ1n) is 10.2. The molecule has 0 radical (unpaired) electrons. The summed E-state index contributed by atoms with van der Waals surface area (Å²) in [6, 6.07) is 24.8. The first kappa shape index (κ1) is 22.9. The zero-order valence-electron chi connectivity index (χ0n) is 17.3. The second-order valence-corrected chi connectivity index (χ2v) is 9.85. The molecule has 0 aliphatic carbocycles. The van der Waals surface area contributed by atoms with Crippen molar-refractivity contribution in [2.75, 3.05) is 0 Å². The molecule has 0 spiro atoms. The fourth-order valence-electron chi connectivity index (χ4n) is 3.36. The average molecular weight is 447 g/mol. The lowest BCUT2D eigenvalue weighted by Crippen LogP contribution is -2.27. The van der Waals surface area contributed by atoms with Crippen LogP contribution in [0.25, 0.3) is 0 Å². The summed E-state index contributed by atoms with van der Waals surface area (Å²) in [7, 11) is -2.93. The number of carbonyl (C=O) groups excluding carboxylic acids is 1. The van der Waals surface area contributed by atoms with E-state index in [2.05, 4.69) is 6.92 Å². The molecule has 0 amide bonds. The van der Waals surface area contributed by atoms with Gasteiger partial charge in [-0.1, -0.05) is 68.3 Å². The second-order valence-electron chi connectivity index (χ2n) is 7.15. The van der Waals surface area contributed by atoms with Crippen molar-refractivity contribution < 1.29 is 22.1 Å². The molecule has 0 aromatic heterocycles. The van der Waals surface area contributed by atoms with Crippen LogP contribution in [0.4, 0.5) is 13.2 Å². The van der Waals surface area contributed by atoms with Crippen molar-refractivity contribution in [3.63, 3.8) is 0 Å². The predicted molar refractivity (Wildman–Crippen MR) is 117 cm³/mol. The van der Waals surface area contributed by atoms with E-state index in [1.807, 2.05) is 12.1 Å². The van der Waals surface area contributed by atoms with Gasteiger partial charge in [-0.2, -0.15) is 13.2 Å². The highest BCUT2D eigenvalue weighted by atomic mass is 32.3. The smallest absolute Gasteiger partial charge is 0.395 e. The Morgan fingerprint density at radius 3 is 1.71 bits per heavy atom. The maximum atomic E-state index is 13.3. The highest BCUT2D eigenvalue weighted by Gasteiger charge is 2.47. The molecule has 0 aliphatic heterocycles. The van der Waals surface area contributed by atoms with Gasteiger partial charge in [0.05, 0.1) is 0 Å². The van der Waals surface area contributed by atoms with E-state index in [1.165, 1.54) is 0 Å². The Balaban J connectivity index is 2.16. The molecule has 0 bridgehead atoms. The molecular formula is C25H25F3O2S. The van der Waals surface area contributed by atoms with Crippen LogP contribution in [0, 0.1) is 0 Å². The molecule has 31 heavy (non-hydrogen) atoms. The molecule has 3 aromatic rings. The zero-order valence-corrected chi connectivity index (χ0v) is 18.1. The summed E-state index contributed by atoms with van der Waals surface area (Å²) in [5.41, 5.74) is 1.11. The van der Waals surface area contributed by atoms with Gasteiger partial charge in [0.15, 0.2) is 0 Å². The Morgan fingerprint density at radius 2 is 1.26 bits per heavy atom. The van der Waals surface area contributed by atoms with Crippen LogP contribution < -0.4 is 0 Å². The van der Waals surface area contributed by atoms with E-state index >= 15 is 0 Å². The Bertz CT molecular complexity index is 932. The Hall–Kier alpha value is -2.73. The summed E-state index contributed by atoms with van der Waals surface area (Å²) in [4.78, 5) is 13.7. The number of carbonyl (C=O) groups is 1. The van der Waals surface area contributed by atoms with Gasteiger partial charge in [0.2, 0.25) is 0 Å². The maximum absolute atomic E-state index is 13.3. The van der Waals surface area contributed by atoms with Gasteiger partial charge in [-0.25, -0.2) is 4.79 Å². The molecular weight excluding hydrogens is 421 g/mol. The van der Waals surface area contributed by atoms with Gasteiger partial charge in [0.25, 0.3) is 0 Å². The van der Waals surface area contributed by atoms with Crippen LogP contribution in [0.3, 0.4) is 0 Å². The quantitative estimate of drug-likeness (QED) is 0.331. The van der Waals surface area contributed by atoms with Crippen LogP contribution in [-0.4, -0.2) is 12.1 Å². The molecule has 0 saturated heterocycles. The standard InChI is InChI=1S/C25H25F3O2S/c1-2-3-6-11-20-16-18-23(19-17-20)31(21-12-7-4-8-13-21,22-14-9-5-10-15-22)30-24(29)25(26,27)28/h4-5,7-10,12-19H,2-3,6,11H2,1H3. The number of alkyl halides is 3. The van der Waals surface area contributed by atoms with Crippen molar-refractivity contribution in [3.8, 4) is 0 Å². The molecule has 3 rings (SSSR count). The van der Waals surface area contributed by atoms with Crippen molar-refractivity contribution in [1.29, 1.82) is 0 Å². The van der Waals surface area contributed by atoms with Crippen molar-refractivity contribution in [1.82, 2.24) is 0 Å². The molecule has 0 aliphatic rings. The van der Waals surface area contributed by atoms with E-state index in [0.717, 1.165) is 31.2 Å². The van der Waals surface area contributed by atoms with Crippen molar-refractivity contribution in [2.24, 2.45) is 0 Å². The molecule has 3 aromatic carbocycles. The van der Waals surface area contributed by atoms with Gasteiger partial charge >= 0.3 is 12.1 Å². The molecule has 0 heterocycles. The number of hydrogen-bond donors (Lipinski definition) is 0. The molecule has 0 atom stereocenters. The number of aryl methyl sites for hydroxylation is 1. The van der Waals surface area contributed by atoms with Gasteiger partial charge in [-0.05, 0) is 65.1 Å². The van der Waals surface area contributed by atoms with E-state index < -0.39 is 22.5 Å². The first-order chi connectivity index (χ1) is 14.9. The first-order valence-corrected chi connectivity index (χ1v) is 11.8. The highest BCUT2D eigenvalue weighted by molar-refractivity contribution is 8.30. The van der Waals surface area contributed by atoms with E-state index in [9.17, 15) is 18.0 Å². The zero-order chi connectivity index (χ0) is 22.3. The SMILES string of the molecule is CCCCCc1ccc(S(OC(=O)C(F)(F)F)(c2ccccc2)c2ccccc2)cc1. The van der Waals surface area contributed by atoms with E-state index in [0.29, 0.717) is 14.7 Å². The molecule has 6 heteroatoms. The molecule has 0 N–H and O–H groups in total. The lowest BCUT2D eigenvalue weighted by Gasteiger charge is -2.39. The average Bonchev–Trinajstić information content (AvgIpc) is 2.78. The summed E-state index contributed by atoms with van der Waals surface area (Å²) < 4.78 is 45.3. The van der Waals surface area contributed by atoms with Gasteiger partial charge in [0.1, 0.15) is 0 Å². The van der Waals surface area contributed by atoms with Crippen LogP contribution in [0.1, 0.15) is 31.7 Å². The predicted octanol–water partition coefficient (Wildman–Crippen LogP) is 7.72. The van der Waals surface area contributed by atoms with Crippen LogP contribution in [0.15, 0.2) is 99.6 Å². The Kier molecular flexibility index (Phi) is 7.44. The van der Waals surface area contributed by atoms with Gasteiger partial charge in [-0.15, -0.1) is 0 Å². The number of hydrogen-bond acceptors (Lipinski definition) is 2. The van der Waals surface area contributed by atoms with Crippen LogP contribution in [-0.2, 0) is 15.4 Å². The number of unbranched alkanes of at least 4 members (excludes halogenated alkanes) is 2. The molecule has 164 valence electrons. The summed E-state index contributed by atoms with van der Waals surface area (Å²) in [6.45, 7) is 2.13. The maximum Gasteiger partial charge on any atom is 0.491 e. The van der Waals surface area contributed by atoms with E-state index in [-0.39, 0.29) is 0 Å². The molecule has 0 fully saturated rings. The molecule has 0 unspecified atom stereocenters. The van der Waals surface area contributed by atoms with Crippen LogP contribution in [0.2, 0.25) is 0 Å². The van der Waals surface area contributed by atoms with Crippen LogP contribution in [0.5, 0.6) is 0 Å². The third-order valence-electron chi connectivity index (χ3n) is 4.91. The Labute approximate surface area is 182 Å². The van der Waals surface area contributed by atoms with Gasteiger partial charge < -0.3 is 4.18 Å². The van der Waals surface area contributed by atoms with Crippen molar-refractivity contribution >= 4 is 16.3 Å². The minimum atomic E-state index is -5.10. The summed E-state index contributed by atoms with van der Waals surface area (Å²) in [5.74, 6) is -2.19. The van der Waals surface area contributed by atoms with E-state index in [4.69, 9.17) is 4.18 Å². The Morgan fingerprint density at radius 1 is 0.774 bits per heavy atom. The number of rotatable bonds is 8. The number of benzene rings is 3. The second kappa shape index (κ2) is 10.1. The third kappa shape index (κ3) is 5.31. The fourth-order valence-corrected chi connectivity index (χ4v) is 6.39. The molecule has 2 nitrogen and oxygen atoms in total. The molecule has 0 saturated carbocycles. The largest absolute Gasteiger partial charge is 0.491 e. The van der Waals surface area contributed by atoms with Crippen molar-refractivity contribution in [3.05, 3.63) is 90.5 Å². The lowest BCUT2D eigenvalue weighted by atomic mass is 10.1. The van der Waals surface area contributed by atoms with Crippen molar-refractivity contribution in [2.45, 2.75) is 53.5 Å². The van der Waals surface area contributed by atoms with E-state index in [1.54, 1.807) is 72.8 Å². The summed E-state index contributed by atoms with van der Waals surface area (Å²) >= 11 is 0. The third-order valence-corrected chi connectivity index (χ3v) is 8.12. The fraction of sp³-hybridized carbons (Fsp3) is 0.240. The summed E-state index contributed by atoms with van der Waals surface area (Å²) in [6.07, 6.45) is -0.916. The minimum Gasteiger partial charge on any atom is -0.395 e. The van der Waals surface area contributed by atoms with Gasteiger partial charge in [-0.3, -0.25) is 0 Å². The normalized spacial score (nSPS) is 12.4.